The van der Waals surface area contributed by atoms with E-state index < -0.39 is 0 Å². The van der Waals surface area contributed by atoms with Crippen molar-refractivity contribution in [2.75, 3.05) is 6.54 Å². The fourth-order valence-electron chi connectivity index (χ4n) is 2.15. The summed E-state index contributed by atoms with van der Waals surface area (Å²) in [6.07, 6.45) is 0.695. The molecule has 0 fully saturated rings. The van der Waals surface area contributed by atoms with Crippen molar-refractivity contribution in [1.82, 2.24) is 10.1 Å². The van der Waals surface area contributed by atoms with Gasteiger partial charge in [-0.25, -0.2) is 0 Å². The zero-order valence-corrected chi connectivity index (χ0v) is 11.8. The Balaban J connectivity index is 2.13. The highest BCUT2D eigenvalue weighted by molar-refractivity contribution is 5.24. The van der Waals surface area contributed by atoms with Gasteiger partial charge in [0.15, 0.2) is 5.82 Å². The first-order valence-corrected chi connectivity index (χ1v) is 6.68. The van der Waals surface area contributed by atoms with Gasteiger partial charge in [-0.1, -0.05) is 48.8 Å². The van der Waals surface area contributed by atoms with Crippen molar-refractivity contribution in [3.63, 3.8) is 0 Å². The van der Waals surface area contributed by atoms with Crippen LogP contribution < -0.4 is 5.73 Å². The molecule has 19 heavy (non-hydrogen) atoms. The molecule has 1 unspecified atom stereocenters. The molecular formula is C15H21N3O. The second-order valence-corrected chi connectivity index (χ2v) is 5.30. The number of benzene rings is 1. The predicted octanol–water partition coefficient (Wildman–Crippen LogP) is 2.67. The summed E-state index contributed by atoms with van der Waals surface area (Å²) in [7, 11) is 0. The molecule has 0 aliphatic carbocycles. The maximum absolute atomic E-state index is 5.76. The van der Waals surface area contributed by atoms with Crippen LogP contribution in [-0.4, -0.2) is 16.7 Å². The predicted molar refractivity (Wildman–Crippen MR) is 74.9 cm³/mol. The fraction of sp³-hybridized carbons (Fsp3) is 0.467. The molecule has 4 nitrogen and oxygen atoms in total. The van der Waals surface area contributed by atoms with Gasteiger partial charge in [0, 0.05) is 13.0 Å². The number of aryl methyl sites for hydroxylation is 1. The van der Waals surface area contributed by atoms with Crippen molar-refractivity contribution in [2.24, 2.45) is 11.7 Å². The van der Waals surface area contributed by atoms with Crippen molar-refractivity contribution in [2.45, 2.75) is 33.1 Å². The van der Waals surface area contributed by atoms with Gasteiger partial charge in [0.25, 0.3) is 0 Å². The highest BCUT2D eigenvalue weighted by atomic mass is 16.5. The van der Waals surface area contributed by atoms with E-state index >= 15 is 0 Å². The summed E-state index contributed by atoms with van der Waals surface area (Å²) in [5.74, 6) is 1.91. The van der Waals surface area contributed by atoms with Crippen LogP contribution in [-0.2, 0) is 6.42 Å². The first-order valence-electron chi connectivity index (χ1n) is 6.68. The lowest BCUT2D eigenvalue weighted by Gasteiger charge is -2.13. The molecule has 2 aromatic rings. The van der Waals surface area contributed by atoms with E-state index in [1.807, 2.05) is 6.07 Å². The van der Waals surface area contributed by atoms with E-state index in [0.717, 1.165) is 5.82 Å². The van der Waals surface area contributed by atoms with Crippen LogP contribution in [0.3, 0.4) is 0 Å². The summed E-state index contributed by atoms with van der Waals surface area (Å²) in [5, 5.41) is 4.05. The van der Waals surface area contributed by atoms with Crippen molar-refractivity contribution in [3.8, 4) is 0 Å². The molecule has 0 aliphatic rings. The third kappa shape index (κ3) is 3.41. The van der Waals surface area contributed by atoms with E-state index in [-0.39, 0.29) is 5.92 Å². The second-order valence-electron chi connectivity index (χ2n) is 5.30. The summed E-state index contributed by atoms with van der Waals surface area (Å²) < 4.78 is 5.34. The van der Waals surface area contributed by atoms with Crippen LogP contribution in [0.2, 0.25) is 0 Å². The van der Waals surface area contributed by atoms with Crippen molar-refractivity contribution in [3.05, 3.63) is 47.1 Å². The molecule has 0 radical (unpaired) electrons. The van der Waals surface area contributed by atoms with E-state index in [0.29, 0.717) is 24.8 Å². The molecule has 1 aromatic heterocycles. The SMILES string of the molecule is Cc1cccc(Cc2noc(C(CN)C(C)C)n2)c1. The van der Waals surface area contributed by atoms with Gasteiger partial charge >= 0.3 is 0 Å². The second kappa shape index (κ2) is 5.97. The summed E-state index contributed by atoms with van der Waals surface area (Å²) in [6.45, 7) is 6.84. The van der Waals surface area contributed by atoms with Crippen LogP contribution in [0.15, 0.2) is 28.8 Å². The minimum atomic E-state index is 0.138. The van der Waals surface area contributed by atoms with Gasteiger partial charge in [0.05, 0.1) is 5.92 Å². The van der Waals surface area contributed by atoms with E-state index in [1.165, 1.54) is 11.1 Å². The molecule has 2 N–H and O–H groups in total. The molecule has 2 rings (SSSR count). The molecule has 0 saturated heterocycles. The Kier molecular flexibility index (Phi) is 4.32. The molecule has 102 valence electrons. The lowest BCUT2D eigenvalue weighted by Crippen LogP contribution is -2.18. The fourth-order valence-corrected chi connectivity index (χ4v) is 2.15. The van der Waals surface area contributed by atoms with Gasteiger partial charge in [0.1, 0.15) is 0 Å². The van der Waals surface area contributed by atoms with Gasteiger partial charge in [0.2, 0.25) is 5.89 Å². The Morgan fingerprint density at radius 1 is 1.32 bits per heavy atom. The molecule has 0 aliphatic heterocycles. The Morgan fingerprint density at radius 3 is 2.74 bits per heavy atom. The summed E-state index contributed by atoms with van der Waals surface area (Å²) in [5.41, 5.74) is 8.19. The maximum Gasteiger partial charge on any atom is 0.231 e. The molecule has 1 heterocycles. The quantitative estimate of drug-likeness (QED) is 0.896. The highest BCUT2D eigenvalue weighted by Gasteiger charge is 2.20. The van der Waals surface area contributed by atoms with Crippen molar-refractivity contribution < 1.29 is 4.52 Å². The number of hydrogen-bond donors (Lipinski definition) is 1. The molecule has 0 saturated carbocycles. The lowest BCUT2D eigenvalue weighted by atomic mass is 9.96. The Bertz CT molecular complexity index is 534. The smallest absolute Gasteiger partial charge is 0.231 e. The third-order valence-electron chi connectivity index (χ3n) is 3.30. The van der Waals surface area contributed by atoms with Crippen LogP contribution in [0.1, 0.15) is 42.6 Å². The number of rotatable bonds is 5. The van der Waals surface area contributed by atoms with Crippen molar-refractivity contribution in [1.29, 1.82) is 0 Å². The monoisotopic (exact) mass is 259 g/mol. The first-order chi connectivity index (χ1) is 9.10. The van der Waals surface area contributed by atoms with Crippen LogP contribution >= 0.6 is 0 Å². The van der Waals surface area contributed by atoms with E-state index in [2.05, 4.69) is 49.1 Å². The molecule has 4 heteroatoms. The van der Waals surface area contributed by atoms with Gasteiger partial charge in [-0.05, 0) is 18.4 Å². The van der Waals surface area contributed by atoms with Crippen LogP contribution in [0.5, 0.6) is 0 Å². The maximum atomic E-state index is 5.76. The number of nitrogens with zero attached hydrogens (tertiary/aromatic N) is 2. The van der Waals surface area contributed by atoms with Gasteiger partial charge in [-0.2, -0.15) is 4.98 Å². The summed E-state index contributed by atoms with van der Waals surface area (Å²) in [6, 6.07) is 8.33. The lowest BCUT2D eigenvalue weighted by molar-refractivity contribution is 0.322. The minimum absolute atomic E-state index is 0.138. The topological polar surface area (TPSA) is 64.9 Å². The average molecular weight is 259 g/mol. The zero-order valence-electron chi connectivity index (χ0n) is 11.8. The highest BCUT2D eigenvalue weighted by Crippen LogP contribution is 2.22. The van der Waals surface area contributed by atoms with Gasteiger partial charge in [-0.15, -0.1) is 0 Å². The van der Waals surface area contributed by atoms with E-state index in [4.69, 9.17) is 10.3 Å². The number of nitrogens with two attached hydrogens (primary N) is 1. The Labute approximate surface area is 114 Å². The van der Waals surface area contributed by atoms with Gasteiger partial charge in [-0.3, -0.25) is 0 Å². The third-order valence-corrected chi connectivity index (χ3v) is 3.30. The molecule has 1 atom stereocenters. The normalized spacial score (nSPS) is 12.9. The minimum Gasteiger partial charge on any atom is -0.339 e. The molecular weight excluding hydrogens is 238 g/mol. The largest absolute Gasteiger partial charge is 0.339 e. The van der Waals surface area contributed by atoms with E-state index in [1.54, 1.807) is 0 Å². The van der Waals surface area contributed by atoms with Crippen LogP contribution in [0.25, 0.3) is 0 Å². The number of hydrogen-bond acceptors (Lipinski definition) is 4. The summed E-state index contributed by atoms with van der Waals surface area (Å²) >= 11 is 0. The molecule has 0 amide bonds. The molecule has 0 spiro atoms. The van der Waals surface area contributed by atoms with E-state index in [9.17, 15) is 0 Å². The Morgan fingerprint density at radius 2 is 2.11 bits per heavy atom. The van der Waals surface area contributed by atoms with Crippen LogP contribution in [0.4, 0.5) is 0 Å². The van der Waals surface area contributed by atoms with Crippen molar-refractivity contribution >= 4 is 0 Å². The first kappa shape index (κ1) is 13.7. The number of aromatic nitrogens is 2. The molecule has 1 aromatic carbocycles. The summed E-state index contributed by atoms with van der Waals surface area (Å²) in [4.78, 5) is 4.47. The zero-order chi connectivity index (χ0) is 13.8. The standard InChI is InChI=1S/C15H21N3O/c1-10(2)13(9-16)15-17-14(18-19-15)8-12-6-4-5-11(3)7-12/h4-7,10,13H,8-9,16H2,1-3H3. The molecule has 0 bridgehead atoms. The Hall–Kier alpha value is -1.68. The van der Waals surface area contributed by atoms with Crippen LogP contribution in [0, 0.1) is 12.8 Å². The van der Waals surface area contributed by atoms with Gasteiger partial charge < -0.3 is 10.3 Å². The average Bonchev–Trinajstić information content (AvgIpc) is 2.78.